The molecule has 3 N–H and O–H groups in total. The molecule has 0 radical (unpaired) electrons. The fraction of sp³-hybridized carbons (Fsp3) is 0. The predicted molar refractivity (Wildman–Crippen MR) is 153 cm³/mol. The molecule has 7 heteroatoms. The van der Waals surface area contributed by atoms with Crippen LogP contribution in [0.25, 0.3) is 32.3 Å². The third kappa shape index (κ3) is 6.92. The first-order valence-corrected chi connectivity index (χ1v) is 12.0. The maximum Gasteiger partial charge on any atom is 0.336 e. The molecule has 0 aliphatic heterocycles. The summed E-state index contributed by atoms with van der Waals surface area (Å²) >= 11 is 0. The summed E-state index contributed by atoms with van der Waals surface area (Å²) in [4.78, 5) is 32.4. The van der Waals surface area contributed by atoms with E-state index >= 15 is 0 Å². The van der Waals surface area contributed by atoms with Gasteiger partial charge in [0.1, 0.15) is 0 Å². The number of aromatic carboxylic acids is 3. The molecule has 6 aromatic rings. The minimum atomic E-state index is -0.878. The fourth-order valence-electron chi connectivity index (χ4n) is 4.24. The number of benzene rings is 6. The van der Waals surface area contributed by atoms with Gasteiger partial charge in [-0.05, 0) is 50.5 Å². The van der Waals surface area contributed by atoms with Gasteiger partial charge < -0.3 is 15.3 Å². The second-order valence-corrected chi connectivity index (χ2v) is 8.50. The Balaban J connectivity index is 0.000000163. The molecule has 40 heavy (non-hydrogen) atoms. The first-order chi connectivity index (χ1) is 18.9. The van der Waals surface area contributed by atoms with Gasteiger partial charge >= 0.3 is 17.9 Å². The van der Waals surface area contributed by atoms with Crippen LogP contribution in [0.1, 0.15) is 31.1 Å². The Morgan fingerprint density at radius 1 is 0.350 bits per heavy atom. The van der Waals surface area contributed by atoms with Crippen molar-refractivity contribution in [2.45, 2.75) is 0 Å². The second-order valence-electron chi connectivity index (χ2n) is 8.50. The molecule has 6 aromatic carbocycles. The molecule has 0 fully saturated rings. The summed E-state index contributed by atoms with van der Waals surface area (Å²) < 4.78 is 0. The Morgan fingerprint density at radius 2 is 0.575 bits per heavy atom. The van der Waals surface area contributed by atoms with Gasteiger partial charge in [0.2, 0.25) is 0 Å². The van der Waals surface area contributed by atoms with Crippen molar-refractivity contribution < 1.29 is 47.1 Å². The van der Waals surface area contributed by atoms with Crippen LogP contribution < -0.4 is 0 Å². The van der Waals surface area contributed by atoms with Crippen LogP contribution in [-0.2, 0) is 17.4 Å². The average molecular weight is 569 g/mol. The van der Waals surface area contributed by atoms with E-state index in [0.29, 0.717) is 16.7 Å². The maximum atomic E-state index is 10.8. The van der Waals surface area contributed by atoms with Crippen LogP contribution >= 0.6 is 0 Å². The Morgan fingerprint density at radius 3 is 0.825 bits per heavy atom. The molecular weight excluding hydrogens is 544 g/mol. The van der Waals surface area contributed by atoms with Crippen molar-refractivity contribution in [3.8, 4) is 0 Å². The van der Waals surface area contributed by atoms with Gasteiger partial charge in [0.05, 0.1) is 16.7 Å². The van der Waals surface area contributed by atoms with Crippen molar-refractivity contribution >= 4 is 50.2 Å². The van der Waals surface area contributed by atoms with Crippen molar-refractivity contribution in [3.63, 3.8) is 0 Å². The second kappa shape index (κ2) is 13.7. The topological polar surface area (TPSA) is 112 Å². The molecule has 0 atom stereocenters. The summed E-state index contributed by atoms with van der Waals surface area (Å²) in [6.07, 6.45) is 0. The van der Waals surface area contributed by atoms with Crippen LogP contribution in [0, 0.1) is 0 Å². The van der Waals surface area contributed by atoms with Gasteiger partial charge in [-0.25, -0.2) is 14.4 Å². The van der Waals surface area contributed by atoms with Crippen LogP contribution in [0.4, 0.5) is 0 Å². The molecule has 0 unspecified atom stereocenters. The molecule has 6 rings (SSSR count). The smallest absolute Gasteiger partial charge is 0.336 e. The van der Waals surface area contributed by atoms with Crippen LogP contribution in [0.2, 0.25) is 0 Å². The van der Waals surface area contributed by atoms with Crippen LogP contribution in [-0.4, -0.2) is 33.2 Å². The van der Waals surface area contributed by atoms with Gasteiger partial charge in [0.15, 0.2) is 0 Å². The molecule has 0 saturated heterocycles. The van der Waals surface area contributed by atoms with E-state index in [9.17, 15) is 14.4 Å². The third-order valence-electron chi connectivity index (χ3n) is 6.06. The van der Waals surface area contributed by atoms with Crippen LogP contribution in [0.3, 0.4) is 0 Å². The number of rotatable bonds is 3. The first-order valence-electron chi connectivity index (χ1n) is 12.0. The number of carbonyl (C=O) groups is 3. The molecule has 0 spiro atoms. The van der Waals surface area contributed by atoms with Crippen LogP contribution in [0.5, 0.6) is 0 Å². The monoisotopic (exact) mass is 568 g/mol. The minimum Gasteiger partial charge on any atom is -0.478 e. The zero-order valence-corrected chi connectivity index (χ0v) is 22.4. The molecule has 0 heterocycles. The van der Waals surface area contributed by atoms with Gasteiger partial charge in [-0.15, -0.1) is 0 Å². The number of carboxylic acids is 3. The van der Waals surface area contributed by atoms with Crippen molar-refractivity contribution in [2.24, 2.45) is 0 Å². The third-order valence-corrected chi connectivity index (χ3v) is 6.06. The molecular formula is C33H24CrO6. The van der Waals surface area contributed by atoms with Gasteiger partial charge in [-0.3, -0.25) is 0 Å². The fourth-order valence-corrected chi connectivity index (χ4v) is 4.24. The maximum absolute atomic E-state index is 10.8. The van der Waals surface area contributed by atoms with Gasteiger partial charge in [-0.2, -0.15) is 0 Å². The van der Waals surface area contributed by atoms with E-state index in [4.69, 9.17) is 15.3 Å². The van der Waals surface area contributed by atoms with E-state index in [1.807, 2.05) is 91.0 Å². The van der Waals surface area contributed by atoms with Gasteiger partial charge in [0.25, 0.3) is 0 Å². The first kappa shape index (κ1) is 29.6. The summed E-state index contributed by atoms with van der Waals surface area (Å²) in [6, 6.07) is 38.2. The Hall–Kier alpha value is -4.96. The molecule has 6 nitrogen and oxygen atoms in total. The van der Waals surface area contributed by atoms with Crippen molar-refractivity contribution in [2.75, 3.05) is 0 Å². The van der Waals surface area contributed by atoms with Gasteiger partial charge in [0, 0.05) is 17.4 Å². The SMILES string of the molecule is O=C(O)c1cccc2ccccc12.O=C(O)c1cccc2ccccc12.O=C(O)c1cccc2ccccc12.[Cr]. The molecule has 0 aliphatic carbocycles. The zero-order chi connectivity index (χ0) is 27.8. The van der Waals surface area contributed by atoms with Crippen molar-refractivity contribution in [1.29, 1.82) is 0 Å². The van der Waals surface area contributed by atoms with E-state index in [-0.39, 0.29) is 17.4 Å². The molecule has 0 saturated carbocycles. The van der Waals surface area contributed by atoms with E-state index in [1.165, 1.54) is 0 Å². The Kier molecular flexibility index (Phi) is 10.2. The van der Waals surface area contributed by atoms with E-state index < -0.39 is 17.9 Å². The molecule has 0 aromatic heterocycles. The quantitative estimate of drug-likeness (QED) is 0.203. The molecule has 0 aliphatic rings. The number of fused-ring (bicyclic) bond motifs is 3. The average Bonchev–Trinajstić information content (AvgIpc) is 2.96. The Bertz CT molecular complexity index is 1580. The summed E-state index contributed by atoms with van der Waals surface area (Å²) in [5.74, 6) is -2.63. The number of hydrogen-bond donors (Lipinski definition) is 3. The number of carboxylic acid groups (broad SMARTS) is 3. The van der Waals surface area contributed by atoms with E-state index in [2.05, 4.69) is 0 Å². The summed E-state index contributed by atoms with van der Waals surface area (Å²) in [5, 5.41) is 31.9. The molecule has 0 bridgehead atoms. The normalized spacial score (nSPS) is 9.90. The summed E-state index contributed by atoms with van der Waals surface area (Å²) in [5.41, 5.74) is 1.08. The molecule has 0 amide bonds. The molecule has 198 valence electrons. The number of hydrogen-bond acceptors (Lipinski definition) is 3. The van der Waals surface area contributed by atoms with E-state index in [0.717, 1.165) is 32.3 Å². The summed E-state index contributed by atoms with van der Waals surface area (Å²) in [6.45, 7) is 0. The minimum absolute atomic E-state index is 0. The van der Waals surface area contributed by atoms with Crippen LogP contribution in [0.15, 0.2) is 127 Å². The summed E-state index contributed by atoms with van der Waals surface area (Å²) in [7, 11) is 0. The largest absolute Gasteiger partial charge is 0.478 e. The van der Waals surface area contributed by atoms with Crippen molar-refractivity contribution in [3.05, 3.63) is 144 Å². The van der Waals surface area contributed by atoms with E-state index in [1.54, 1.807) is 36.4 Å². The van der Waals surface area contributed by atoms with Crippen molar-refractivity contribution in [1.82, 2.24) is 0 Å². The Labute approximate surface area is 240 Å². The van der Waals surface area contributed by atoms with Gasteiger partial charge in [-0.1, -0.05) is 109 Å². The standard InChI is InChI=1S/3C11H8O2.Cr/c3*12-11(13)10-7-3-5-8-4-1-2-6-9(8)10;/h3*1-7H,(H,12,13);. The predicted octanol–water partition coefficient (Wildman–Crippen LogP) is 7.61. The zero-order valence-electron chi connectivity index (χ0n) is 21.1.